The minimum Gasteiger partial charge on any atom is -0.308 e. The van der Waals surface area contributed by atoms with Crippen LogP contribution in [0, 0.1) is 6.92 Å². The molecule has 0 bridgehead atoms. The van der Waals surface area contributed by atoms with Crippen LogP contribution in [0.25, 0.3) is 0 Å². The fourth-order valence-electron chi connectivity index (χ4n) is 2.48. The Morgan fingerprint density at radius 1 is 1.35 bits per heavy atom. The van der Waals surface area contributed by atoms with Crippen LogP contribution in [0.1, 0.15) is 43.3 Å². The lowest BCUT2D eigenvalue weighted by Crippen LogP contribution is -2.26. The second kappa shape index (κ2) is 6.70. The van der Waals surface area contributed by atoms with Gasteiger partial charge in [0.25, 0.3) is 0 Å². The highest BCUT2D eigenvalue weighted by Gasteiger charge is 2.16. The summed E-state index contributed by atoms with van der Waals surface area (Å²) in [4.78, 5) is 0. The van der Waals surface area contributed by atoms with Crippen molar-refractivity contribution in [2.24, 2.45) is 7.05 Å². The Morgan fingerprint density at radius 2 is 2.15 bits per heavy atom. The van der Waals surface area contributed by atoms with Crippen LogP contribution in [-0.2, 0) is 20.0 Å². The van der Waals surface area contributed by atoms with Crippen LogP contribution in [0.2, 0.25) is 0 Å². The van der Waals surface area contributed by atoms with Gasteiger partial charge in [0, 0.05) is 19.8 Å². The predicted octanol–water partition coefficient (Wildman–Crippen LogP) is 2.23. The fourth-order valence-corrected chi connectivity index (χ4v) is 2.48. The van der Waals surface area contributed by atoms with E-state index in [4.69, 9.17) is 0 Å². The first-order valence-corrected chi connectivity index (χ1v) is 7.39. The molecule has 20 heavy (non-hydrogen) atoms. The van der Waals surface area contributed by atoms with Crippen molar-refractivity contribution >= 4 is 0 Å². The molecule has 1 unspecified atom stereocenters. The molecule has 2 aromatic heterocycles. The van der Waals surface area contributed by atoms with Crippen LogP contribution in [0.4, 0.5) is 0 Å². The number of nitrogens with one attached hydrogen (secondary N) is 1. The Labute approximate surface area is 121 Å². The molecule has 110 valence electrons. The summed E-state index contributed by atoms with van der Waals surface area (Å²) in [7, 11) is 2.01. The van der Waals surface area contributed by atoms with Crippen molar-refractivity contribution in [3.05, 3.63) is 35.4 Å². The molecule has 5 nitrogen and oxygen atoms in total. The van der Waals surface area contributed by atoms with E-state index in [2.05, 4.69) is 41.6 Å². The zero-order valence-corrected chi connectivity index (χ0v) is 12.9. The molecule has 2 rings (SSSR count). The van der Waals surface area contributed by atoms with Gasteiger partial charge in [-0.05, 0) is 44.9 Å². The minimum atomic E-state index is 0.288. The summed E-state index contributed by atoms with van der Waals surface area (Å²) in [6.07, 6.45) is 6.16. The first-order chi connectivity index (χ1) is 9.63. The van der Waals surface area contributed by atoms with Crippen molar-refractivity contribution in [1.29, 1.82) is 0 Å². The van der Waals surface area contributed by atoms with E-state index in [1.165, 1.54) is 11.3 Å². The third-order valence-electron chi connectivity index (χ3n) is 3.49. The van der Waals surface area contributed by atoms with Gasteiger partial charge in [0.05, 0.1) is 23.6 Å². The summed E-state index contributed by atoms with van der Waals surface area (Å²) < 4.78 is 3.95. The lowest BCUT2D eigenvalue weighted by atomic mass is 10.1. The summed E-state index contributed by atoms with van der Waals surface area (Å²) in [6.45, 7) is 8.26. The topological polar surface area (TPSA) is 47.7 Å². The lowest BCUT2D eigenvalue weighted by molar-refractivity contribution is 0.493. The van der Waals surface area contributed by atoms with Gasteiger partial charge in [0.2, 0.25) is 0 Å². The average molecular weight is 275 g/mol. The Morgan fingerprint density at radius 3 is 2.70 bits per heavy atom. The van der Waals surface area contributed by atoms with Crippen molar-refractivity contribution in [2.75, 3.05) is 6.54 Å². The van der Waals surface area contributed by atoms with Gasteiger partial charge in [0.1, 0.15) is 0 Å². The van der Waals surface area contributed by atoms with Crippen molar-refractivity contribution < 1.29 is 0 Å². The maximum Gasteiger partial charge on any atom is 0.0597 e. The minimum absolute atomic E-state index is 0.288. The smallest absolute Gasteiger partial charge is 0.0597 e. The Balaban J connectivity index is 2.16. The first kappa shape index (κ1) is 14.8. The number of rotatable bonds is 7. The van der Waals surface area contributed by atoms with Crippen molar-refractivity contribution in [3.63, 3.8) is 0 Å². The normalized spacial score (nSPS) is 12.8. The molecule has 1 N–H and O–H groups in total. The molecule has 0 saturated carbocycles. The predicted molar refractivity (Wildman–Crippen MR) is 80.6 cm³/mol. The van der Waals surface area contributed by atoms with E-state index in [0.717, 1.165) is 31.6 Å². The highest BCUT2D eigenvalue weighted by Crippen LogP contribution is 2.19. The third-order valence-corrected chi connectivity index (χ3v) is 3.49. The molecule has 0 aliphatic heterocycles. The van der Waals surface area contributed by atoms with Gasteiger partial charge in [-0.2, -0.15) is 10.2 Å². The summed E-state index contributed by atoms with van der Waals surface area (Å²) >= 11 is 0. The van der Waals surface area contributed by atoms with Gasteiger partial charge >= 0.3 is 0 Å². The Kier molecular flexibility index (Phi) is 4.95. The molecule has 0 amide bonds. The van der Waals surface area contributed by atoms with E-state index in [0.29, 0.717) is 0 Å². The molecule has 0 radical (unpaired) electrons. The zero-order chi connectivity index (χ0) is 14.5. The standard InChI is InChI=1S/C15H25N5/c1-5-7-16-14(15-8-12(3)18-19(15)4)9-13-10-17-20(6-2)11-13/h8,10-11,14,16H,5-7,9H2,1-4H3. The molecule has 0 aliphatic rings. The van der Waals surface area contributed by atoms with E-state index in [-0.39, 0.29) is 6.04 Å². The molecule has 0 spiro atoms. The highest BCUT2D eigenvalue weighted by molar-refractivity contribution is 5.17. The van der Waals surface area contributed by atoms with Gasteiger partial charge < -0.3 is 5.32 Å². The number of hydrogen-bond acceptors (Lipinski definition) is 3. The molecule has 0 fully saturated rings. The molecular weight excluding hydrogens is 250 g/mol. The van der Waals surface area contributed by atoms with Crippen molar-refractivity contribution in [3.8, 4) is 0 Å². The van der Waals surface area contributed by atoms with Crippen LogP contribution >= 0.6 is 0 Å². The van der Waals surface area contributed by atoms with Crippen LogP contribution in [-0.4, -0.2) is 26.1 Å². The number of aromatic nitrogens is 4. The third kappa shape index (κ3) is 3.48. The summed E-state index contributed by atoms with van der Waals surface area (Å²) in [5.41, 5.74) is 3.56. The van der Waals surface area contributed by atoms with E-state index in [1.54, 1.807) is 0 Å². The number of aryl methyl sites for hydroxylation is 3. The fraction of sp³-hybridized carbons (Fsp3) is 0.600. The second-order valence-electron chi connectivity index (χ2n) is 5.25. The molecular formula is C15H25N5. The average Bonchev–Trinajstić information content (AvgIpc) is 3.01. The van der Waals surface area contributed by atoms with Gasteiger partial charge in [-0.3, -0.25) is 9.36 Å². The van der Waals surface area contributed by atoms with E-state index >= 15 is 0 Å². The number of hydrogen-bond donors (Lipinski definition) is 1. The van der Waals surface area contributed by atoms with Crippen LogP contribution in [0.3, 0.4) is 0 Å². The van der Waals surface area contributed by atoms with Crippen LogP contribution in [0.5, 0.6) is 0 Å². The van der Waals surface area contributed by atoms with E-state index < -0.39 is 0 Å². The number of nitrogens with zero attached hydrogens (tertiary/aromatic N) is 4. The molecule has 0 aliphatic carbocycles. The van der Waals surface area contributed by atoms with Crippen molar-refractivity contribution in [1.82, 2.24) is 24.9 Å². The Hall–Kier alpha value is -1.62. The van der Waals surface area contributed by atoms with E-state index in [1.807, 2.05) is 29.5 Å². The summed E-state index contributed by atoms with van der Waals surface area (Å²) in [5, 5.41) is 12.4. The van der Waals surface area contributed by atoms with Gasteiger partial charge in [-0.1, -0.05) is 6.92 Å². The molecule has 0 aromatic carbocycles. The second-order valence-corrected chi connectivity index (χ2v) is 5.25. The van der Waals surface area contributed by atoms with Gasteiger partial charge in [0.15, 0.2) is 0 Å². The zero-order valence-electron chi connectivity index (χ0n) is 12.9. The molecule has 0 saturated heterocycles. The van der Waals surface area contributed by atoms with Crippen molar-refractivity contribution in [2.45, 2.75) is 46.2 Å². The first-order valence-electron chi connectivity index (χ1n) is 7.39. The maximum absolute atomic E-state index is 4.46. The molecule has 1 atom stereocenters. The van der Waals surface area contributed by atoms with Gasteiger partial charge in [-0.15, -0.1) is 0 Å². The van der Waals surface area contributed by atoms with Gasteiger partial charge in [-0.25, -0.2) is 0 Å². The highest BCUT2D eigenvalue weighted by atomic mass is 15.3. The van der Waals surface area contributed by atoms with E-state index in [9.17, 15) is 0 Å². The molecule has 5 heteroatoms. The monoisotopic (exact) mass is 275 g/mol. The SMILES string of the molecule is CCCNC(Cc1cnn(CC)c1)c1cc(C)nn1C. The lowest BCUT2D eigenvalue weighted by Gasteiger charge is -2.18. The van der Waals surface area contributed by atoms with Crippen LogP contribution in [0.15, 0.2) is 18.5 Å². The molecule has 2 aromatic rings. The maximum atomic E-state index is 4.46. The van der Waals surface area contributed by atoms with Crippen LogP contribution < -0.4 is 5.32 Å². The molecule has 2 heterocycles. The summed E-state index contributed by atoms with van der Waals surface area (Å²) in [6, 6.07) is 2.45. The quantitative estimate of drug-likeness (QED) is 0.843. The largest absolute Gasteiger partial charge is 0.308 e. The summed E-state index contributed by atoms with van der Waals surface area (Å²) in [5.74, 6) is 0. The Bertz CT molecular complexity index is 540.